The number of aryl methyl sites for hydroxylation is 3. The fourth-order valence-corrected chi connectivity index (χ4v) is 5.20. The van der Waals surface area contributed by atoms with Gasteiger partial charge in [0.15, 0.2) is 10.7 Å². The zero-order chi connectivity index (χ0) is 21.9. The van der Waals surface area contributed by atoms with Crippen molar-refractivity contribution in [2.45, 2.75) is 44.7 Å². The van der Waals surface area contributed by atoms with Crippen molar-refractivity contribution < 1.29 is 8.42 Å². The molecule has 0 spiro atoms. The summed E-state index contributed by atoms with van der Waals surface area (Å²) in [5.41, 5.74) is 6.47. The Morgan fingerprint density at radius 1 is 1.00 bits per heavy atom. The average molecular weight is 445 g/mol. The number of hydrogen-bond acceptors (Lipinski definition) is 6. The van der Waals surface area contributed by atoms with Gasteiger partial charge in [-0.05, 0) is 49.9 Å². The maximum Gasteiger partial charge on any atom is 0.233 e. The van der Waals surface area contributed by atoms with E-state index in [1.807, 2.05) is 20.9 Å². The van der Waals surface area contributed by atoms with Gasteiger partial charge in [-0.3, -0.25) is 13.0 Å². The SMILES string of the molecule is CCS(=O)c1c2c(C)c(C)c(C)c(C)c2nn1-c1nc2cc(S(C)=O)nnc2n1C. The molecule has 0 radical (unpaired) electrons. The quantitative estimate of drug-likeness (QED) is 0.480. The van der Waals surface area contributed by atoms with Gasteiger partial charge in [-0.15, -0.1) is 10.2 Å². The Morgan fingerprint density at radius 3 is 2.30 bits per heavy atom. The second kappa shape index (κ2) is 7.35. The van der Waals surface area contributed by atoms with E-state index in [1.54, 1.807) is 21.6 Å². The first kappa shape index (κ1) is 20.8. The Labute approximate surface area is 179 Å². The van der Waals surface area contributed by atoms with Gasteiger partial charge in [0.2, 0.25) is 5.95 Å². The van der Waals surface area contributed by atoms with Crippen LogP contribution in [0.25, 0.3) is 28.0 Å². The highest BCUT2D eigenvalue weighted by molar-refractivity contribution is 7.85. The van der Waals surface area contributed by atoms with Crippen molar-refractivity contribution in [1.29, 1.82) is 0 Å². The van der Waals surface area contributed by atoms with Gasteiger partial charge in [-0.1, -0.05) is 6.92 Å². The molecule has 30 heavy (non-hydrogen) atoms. The number of benzene rings is 1. The van der Waals surface area contributed by atoms with Gasteiger partial charge >= 0.3 is 0 Å². The molecule has 0 bridgehead atoms. The summed E-state index contributed by atoms with van der Waals surface area (Å²) >= 11 is 0. The highest BCUT2D eigenvalue weighted by atomic mass is 32.2. The zero-order valence-electron chi connectivity index (χ0n) is 18.1. The van der Waals surface area contributed by atoms with E-state index in [4.69, 9.17) is 10.1 Å². The van der Waals surface area contributed by atoms with E-state index >= 15 is 0 Å². The highest BCUT2D eigenvalue weighted by Crippen LogP contribution is 2.34. The van der Waals surface area contributed by atoms with Crippen molar-refractivity contribution in [1.82, 2.24) is 29.5 Å². The molecule has 0 saturated carbocycles. The monoisotopic (exact) mass is 444 g/mol. The molecule has 0 fully saturated rings. The Hall–Kier alpha value is -2.46. The predicted octanol–water partition coefficient (Wildman–Crippen LogP) is 2.80. The summed E-state index contributed by atoms with van der Waals surface area (Å²) in [6.45, 7) is 10.2. The molecular formula is C20H24N6O2S2. The molecular weight excluding hydrogens is 420 g/mol. The van der Waals surface area contributed by atoms with Crippen molar-refractivity contribution in [3.63, 3.8) is 0 Å². The molecule has 0 aliphatic carbocycles. The number of imidazole rings is 1. The fourth-order valence-electron chi connectivity index (χ4n) is 3.70. The van der Waals surface area contributed by atoms with Gasteiger partial charge in [-0.25, -0.2) is 4.98 Å². The molecule has 0 aliphatic heterocycles. The molecule has 10 heteroatoms. The van der Waals surface area contributed by atoms with Crippen LogP contribution in [0.4, 0.5) is 0 Å². The molecule has 0 saturated heterocycles. The summed E-state index contributed by atoms with van der Waals surface area (Å²) in [6.07, 6.45) is 1.55. The number of hydrogen-bond donors (Lipinski definition) is 0. The largest absolute Gasteiger partial charge is 0.295 e. The van der Waals surface area contributed by atoms with Crippen LogP contribution in [0, 0.1) is 27.7 Å². The summed E-state index contributed by atoms with van der Waals surface area (Å²) < 4.78 is 28.4. The molecule has 0 aliphatic rings. The van der Waals surface area contributed by atoms with Crippen LogP contribution in [0.2, 0.25) is 0 Å². The smallest absolute Gasteiger partial charge is 0.233 e. The zero-order valence-corrected chi connectivity index (χ0v) is 19.7. The predicted molar refractivity (Wildman–Crippen MR) is 119 cm³/mol. The van der Waals surface area contributed by atoms with Gasteiger partial charge in [0.25, 0.3) is 0 Å². The Kier molecular flexibility index (Phi) is 5.09. The topological polar surface area (TPSA) is 95.6 Å². The molecule has 3 heterocycles. The fraction of sp³-hybridized carbons (Fsp3) is 0.400. The minimum Gasteiger partial charge on any atom is -0.295 e. The van der Waals surface area contributed by atoms with Gasteiger partial charge in [-0.2, -0.15) is 9.78 Å². The first-order valence-electron chi connectivity index (χ1n) is 9.58. The van der Waals surface area contributed by atoms with Crippen LogP contribution in [0.1, 0.15) is 29.2 Å². The van der Waals surface area contributed by atoms with Crippen LogP contribution in [0.3, 0.4) is 0 Å². The first-order chi connectivity index (χ1) is 14.2. The lowest BCUT2D eigenvalue weighted by Gasteiger charge is -2.11. The lowest BCUT2D eigenvalue weighted by atomic mass is 9.96. The van der Waals surface area contributed by atoms with Crippen molar-refractivity contribution in [2.24, 2.45) is 7.05 Å². The third kappa shape index (κ3) is 2.92. The molecule has 4 rings (SSSR count). The molecule has 2 unspecified atom stereocenters. The lowest BCUT2D eigenvalue weighted by Crippen LogP contribution is -2.11. The molecule has 3 aromatic heterocycles. The van der Waals surface area contributed by atoms with Crippen molar-refractivity contribution >= 4 is 43.7 Å². The standard InChI is InChI=1S/C20H24N6O2S2/c1-8-30(28)19-16-12(4)10(2)11(3)13(5)17(16)24-26(19)20-21-14-9-15(29(7)27)22-23-18(14)25(20)6/h9H,8H2,1-7H3. The summed E-state index contributed by atoms with van der Waals surface area (Å²) in [5, 5.41) is 15.0. The van der Waals surface area contributed by atoms with Gasteiger partial charge < -0.3 is 0 Å². The van der Waals surface area contributed by atoms with Crippen LogP contribution >= 0.6 is 0 Å². The second-order valence-corrected chi connectivity index (χ2v) is 10.4. The number of aromatic nitrogens is 6. The van der Waals surface area contributed by atoms with Crippen LogP contribution in [-0.2, 0) is 28.6 Å². The lowest BCUT2D eigenvalue weighted by molar-refractivity contribution is 0.663. The van der Waals surface area contributed by atoms with E-state index in [0.717, 1.165) is 22.0 Å². The van der Waals surface area contributed by atoms with Crippen molar-refractivity contribution in [3.05, 3.63) is 28.3 Å². The molecule has 1 aromatic carbocycles. The minimum atomic E-state index is -1.26. The Morgan fingerprint density at radius 2 is 1.67 bits per heavy atom. The normalized spacial score (nSPS) is 14.0. The molecule has 0 amide bonds. The summed E-state index contributed by atoms with van der Waals surface area (Å²) in [4.78, 5) is 4.69. The van der Waals surface area contributed by atoms with Crippen molar-refractivity contribution in [2.75, 3.05) is 12.0 Å². The number of fused-ring (bicyclic) bond motifs is 2. The van der Waals surface area contributed by atoms with Gasteiger partial charge in [0, 0.05) is 30.5 Å². The maximum absolute atomic E-state index is 13.2. The number of rotatable bonds is 4. The Bertz CT molecular complexity index is 1390. The summed E-state index contributed by atoms with van der Waals surface area (Å²) in [6, 6.07) is 1.67. The van der Waals surface area contributed by atoms with Crippen LogP contribution in [-0.4, -0.2) is 50.0 Å². The van der Waals surface area contributed by atoms with Gasteiger partial charge in [0.1, 0.15) is 10.5 Å². The van der Waals surface area contributed by atoms with Crippen LogP contribution < -0.4 is 0 Å². The van der Waals surface area contributed by atoms with E-state index in [0.29, 0.717) is 32.9 Å². The van der Waals surface area contributed by atoms with E-state index < -0.39 is 21.6 Å². The third-order valence-electron chi connectivity index (χ3n) is 5.79. The van der Waals surface area contributed by atoms with Crippen LogP contribution in [0.15, 0.2) is 16.1 Å². The van der Waals surface area contributed by atoms with Crippen molar-refractivity contribution in [3.8, 4) is 5.95 Å². The Balaban J connectivity index is 2.12. The second-order valence-electron chi connectivity index (χ2n) is 7.39. The van der Waals surface area contributed by atoms with E-state index in [-0.39, 0.29) is 0 Å². The third-order valence-corrected chi connectivity index (χ3v) is 7.91. The molecule has 4 aromatic rings. The molecule has 8 nitrogen and oxygen atoms in total. The first-order valence-corrected chi connectivity index (χ1v) is 12.5. The highest BCUT2D eigenvalue weighted by Gasteiger charge is 2.25. The van der Waals surface area contributed by atoms with E-state index in [2.05, 4.69) is 31.0 Å². The van der Waals surface area contributed by atoms with Gasteiger partial charge in [0.05, 0.1) is 27.1 Å². The maximum atomic E-state index is 13.2. The average Bonchev–Trinajstić information content (AvgIpc) is 3.28. The molecule has 158 valence electrons. The summed E-state index contributed by atoms with van der Waals surface area (Å²) in [5.74, 6) is 0.968. The number of nitrogens with zero attached hydrogens (tertiary/aromatic N) is 6. The van der Waals surface area contributed by atoms with E-state index in [9.17, 15) is 8.42 Å². The minimum absolute atomic E-state index is 0.369. The van der Waals surface area contributed by atoms with E-state index in [1.165, 1.54) is 11.1 Å². The van der Waals surface area contributed by atoms with Crippen LogP contribution in [0.5, 0.6) is 0 Å². The molecule has 2 atom stereocenters. The summed E-state index contributed by atoms with van der Waals surface area (Å²) in [7, 11) is -0.694. The molecule has 0 N–H and O–H groups in total.